The number of aromatic amines is 1. The molecule has 1 aromatic heterocycles. The summed E-state index contributed by atoms with van der Waals surface area (Å²) in [5, 5.41) is 0. The fourth-order valence-corrected chi connectivity index (χ4v) is 3.11. The zero-order valence-electron chi connectivity index (χ0n) is 14.0. The van der Waals surface area contributed by atoms with E-state index in [0.717, 1.165) is 0 Å². The Bertz CT molecular complexity index is 1100. The highest BCUT2D eigenvalue weighted by Crippen LogP contribution is 2.29. The maximum Gasteiger partial charge on any atom is 0.339 e. The van der Waals surface area contributed by atoms with Crippen LogP contribution < -0.4 is 0 Å². The molecule has 0 spiro atoms. The van der Waals surface area contributed by atoms with Crippen LogP contribution in [0.4, 0.5) is 0 Å². The van der Waals surface area contributed by atoms with Gasteiger partial charge in [0.1, 0.15) is 0 Å². The monoisotopic (exact) mass is 359 g/mol. The summed E-state index contributed by atoms with van der Waals surface area (Å²) in [4.78, 5) is 52.8. The Morgan fingerprint density at radius 3 is 2.22 bits per heavy atom. The van der Waals surface area contributed by atoms with E-state index in [1.165, 1.54) is 18.2 Å². The predicted molar refractivity (Wildman–Crippen MR) is 95.2 cm³/mol. The molecular weight excluding hydrogens is 346 g/mol. The van der Waals surface area contributed by atoms with Crippen molar-refractivity contribution < 1.29 is 23.9 Å². The Hall–Kier alpha value is -3.80. The summed E-state index contributed by atoms with van der Waals surface area (Å²) in [5.41, 5.74) is 1.01. The van der Waals surface area contributed by atoms with Crippen molar-refractivity contribution in [1.82, 2.24) is 4.98 Å². The SMILES string of the molecule is O=C(COC(=O)c1cccc2c1C(=O)c1ccccc1C2=O)c1ccc[nH]1. The zero-order chi connectivity index (χ0) is 19.0. The topological polar surface area (TPSA) is 93.3 Å². The maximum absolute atomic E-state index is 12.9. The normalized spacial score (nSPS) is 12.3. The molecule has 0 saturated heterocycles. The number of carbonyl (C=O) groups is 4. The highest BCUT2D eigenvalue weighted by Gasteiger charge is 2.33. The van der Waals surface area contributed by atoms with Crippen molar-refractivity contribution in [3.8, 4) is 0 Å². The van der Waals surface area contributed by atoms with Gasteiger partial charge in [0, 0.05) is 28.5 Å². The lowest BCUT2D eigenvalue weighted by molar-refractivity contribution is 0.0471. The fraction of sp³-hybridized carbons (Fsp3) is 0.0476. The number of benzene rings is 2. The number of ether oxygens (including phenoxy) is 1. The summed E-state index contributed by atoms with van der Waals surface area (Å²) in [6.45, 7) is -0.470. The number of carbonyl (C=O) groups excluding carboxylic acids is 4. The van der Waals surface area contributed by atoms with E-state index in [9.17, 15) is 19.2 Å². The van der Waals surface area contributed by atoms with E-state index in [0.29, 0.717) is 11.3 Å². The first-order valence-corrected chi connectivity index (χ1v) is 8.23. The first-order chi connectivity index (χ1) is 13.1. The molecule has 0 bridgehead atoms. The average Bonchev–Trinajstić information content (AvgIpc) is 3.24. The van der Waals surface area contributed by atoms with Crippen molar-refractivity contribution in [2.45, 2.75) is 0 Å². The number of nitrogens with one attached hydrogen (secondary N) is 1. The van der Waals surface area contributed by atoms with Gasteiger partial charge < -0.3 is 9.72 Å². The van der Waals surface area contributed by atoms with E-state index in [1.54, 1.807) is 42.6 Å². The largest absolute Gasteiger partial charge is 0.454 e. The number of hydrogen-bond donors (Lipinski definition) is 1. The second kappa shape index (κ2) is 6.49. The quantitative estimate of drug-likeness (QED) is 0.447. The van der Waals surface area contributed by atoms with E-state index in [2.05, 4.69) is 4.98 Å². The molecule has 3 aromatic rings. The number of esters is 1. The Morgan fingerprint density at radius 1 is 0.815 bits per heavy atom. The summed E-state index contributed by atoms with van der Waals surface area (Å²) in [6, 6.07) is 14.1. The van der Waals surface area contributed by atoms with Crippen LogP contribution in [0.2, 0.25) is 0 Å². The molecule has 0 saturated carbocycles. The number of hydrogen-bond acceptors (Lipinski definition) is 5. The molecule has 0 aliphatic heterocycles. The van der Waals surface area contributed by atoms with Crippen molar-refractivity contribution >= 4 is 23.3 Å². The minimum Gasteiger partial charge on any atom is -0.454 e. The van der Waals surface area contributed by atoms with Gasteiger partial charge in [0.05, 0.1) is 11.3 Å². The van der Waals surface area contributed by atoms with Gasteiger partial charge in [-0.1, -0.05) is 36.4 Å². The van der Waals surface area contributed by atoms with Crippen molar-refractivity contribution in [1.29, 1.82) is 0 Å². The Labute approximate surface area is 153 Å². The van der Waals surface area contributed by atoms with Crippen molar-refractivity contribution in [2.24, 2.45) is 0 Å². The number of fused-ring (bicyclic) bond motifs is 2. The number of aromatic nitrogens is 1. The van der Waals surface area contributed by atoms with Crippen molar-refractivity contribution in [3.05, 3.63) is 94.3 Å². The number of rotatable bonds is 4. The van der Waals surface area contributed by atoms with E-state index in [4.69, 9.17) is 4.74 Å². The Kier molecular flexibility index (Phi) is 4.01. The summed E-state index contributed by atoms with van der Waals surface area (Å²) in [6.07, 6.45) is 1.59. The third kappa shape index (κ3) is 2.77. The van der Waals surface area contributed by atoms with Gasteiger partial charge in [-0.3, -0.25) is 14.4 Å². The molecule has 4 rings (SSSR count). The second-order valence-corrected chi connectivity index (χ2v) is 6.02. The minimum absolute atomic E-state index is 0.0125. The standard InChI is InChI=1S/C21H13NO5/c23-17(16-9-4-10-22-16)11-27-21(26)15-8-3-7-14-18(15)20(25)13-6-2-1-5-12(13)19(14)24/h1-10,22H,11H2. The van der Waals surface area contributed by atoms with Crippen LogP contribution in [0.25, 0.3) is 0 Å². The van der Waals surface area contributed by atoms with E-state index < -0.39 is 24.1 Å². The van der Waals surface area contributed by atoms with E-state index in [-0.39, 0.29) is 28.0 Å². The van der Waals surface area contributed by atoms with Gasteiger partial charge in [0.25, 0.3) is 0 Å². The average molecular weight is 359 g/mol. The molecule has 6 heteroatoms. The molecule has 0 unspecified atom stereocenters. The van der Waals surface area contributed by atoms with Crippen molar-refractivity contribution in [3.63, 3.8) is 0 Å². The van der Waals surface area contributed by atoms with Crippen LogP contribution in [0.3, 0.4) is 0 Å². The van der Waals surface area contributed by atoms with Gasteiger partial charge in [0.2, 0.25) is 5.78 Å². The molecule has 1 aliphatic carbocycles. The van der Waals surface area contributed by atoms with Gasteiger partial charge in [-0.25, -0.2) is 4.79 Å². The van der Waals surface area contributed by atoms with Crippen molar-refractivity contribution in [2.75, 3.05) is 6.61 Å². The Balaban J connectivity index is 1.65. The lowest BCUT2D eigenvalue weighted by atomic mass is 9.82. The lowest BCUT2D eigenvalue weighted by Crippen LogP contribution is -2.25. The third-order valence-corrected chi connectivity index (χ3v) is 4.41. The molecule has 1 aliphatic rings. The molecule has 1 N–H and O–H groups in total. The predicted octanol–water partition coefficient (Wildman–Crippen LogP) is 2.83. The first kappa shape index (κ1) is 16.7. The van der Waals surface area contributed by atoms with E-state index in [1.807, 2.05) is 0 Å². The van der Waals surface area contributed by atoms with Gasteiger partial charge in [0.15, 0.2) is 18.2 Å². The molecule has 0 amide bonds. The molecule has 132 valence electrons. The summed E-state index contributed by atoms with van der Waals surface area (Å²) in [7, 11) is 0. The molecule has 0 atom stereocenters. The third-order valence-electron chi connectivity index (χ3n) is 4.41. The van der Waals surface area contributed by atoms with E-state index >= 15 is 0 Å². The highest BCUT2D eigenvalue weighted by atomic mass is 16.5. The molecule has 2 aromatic carbocycles. The highest BCUT2D eigenvalue weighted by molar-refractivity contribution is 6.30. The number of Topliss-reactive ketones (excluding diaryl/α,β-unsaturated/α-hetero) is 1. The maximum atomic E-state index is 12.9. The number of ketones is 3. The summed E-state index contributed by atoms with van der Waals surface area (Å²) >= 11 is 0. The second-order valence-electron chi connectivity index (χ2n) is 6.02. The summed E-state index contributed by atoms with van der Waals surface area (Å²) < 4.78 is 5.08. The van der Waals surface area contributed by atoms with Gasteiger partial charge in [-0.15, -0.1) is 0 Å². The van der Waals surface area contributed by atoms with Crippen LogP contribution in [0, 0.1) is 0 Å². The van der Waals surface area contributed by atoms with Crippen LogP contribution in [-0.4, -0.2) is 34.9 Å². The Morgan fingerprint density at radius 2 is 1.52 bits per heavy atom. The minimum atomic E-state index is -0.827. The lowest BCUT2D eigenvalue weighted by Gasteiger charge is -2.19. The molecular formula is C21H13NO5. The van der Waals surface area contributed by atoms with Crippen LogP contribution in [-0.2, 0) is 4.74 Å². The van der Waals surface area contributed by atoms with Gasteiger partial charge >= 0.3 is 5.97 Å². The smallest absolute Gasteiger partial charge is 0.339 e. The fourth-order valence-electron chi connectivity index (χ4n) is 3.11. The molecule has 0 fully saturated rings. The van der Waals surface area contributed by atoms with Crippen LogP contribution in [0.5, 0.6) is 0 Å². The van der Waals surface area contributed by atoms with Gasteiger partial charge in [-0.2, -0.15) is 0 Å². The van der Waals surface area contributed by atoms with Crippen LogP contribution >= 0.6 is 0 Å². The van der Waals surface area contributed by atoms with Gasteiger partial charge in [-0.05, 0) is 18.2 Å². The molecule has 6 nitrogen and oxygen atoms in total. The number of H-pyrrole nitrogens is 1. The molecule has 27 heavy (non-hydrogen) atoms. The molecule has 0 radical (unpaired) electrons. The first-order valence-electron chi connectivity index (χ1n) is 8.23. The summed E-state index contributed by atoms with van der Waals surface area (Å²) in [5.74, 6) is -1.96. The molecule has 1 heterocycles. The zero-order valence-corrected chi connectivity index (χ0v) is 14.0. The van der Waals surface area contributed by atoms with Crippen LogP contribution in [0.1, 0.15) is 52.7 Å². The van der Waals surface area contributed by atoms with Crippen LogP contribution in [0.15, 0.2) is 60.8 Å².